The monoisotopic (exact) mass is 320 g/mol. The third-order valence-corrected chi connectivity index (χ3v) is 4.08. The summed E-state index contributed by atoms with van der Waals surface area (Å²) in [5, 5.41) is 9.33. The van der Waals surface area contributed by atoms with Gasteiger partial charge in [0.2, 0.25) is 0 Å². The minimum Gasteiger partial charge on any atom is -0.481 e. The summed E-state index contributed by atoms with van der Waals surface area (Å²) in [7, 11) is 0. The number of fused-ring (bicyclic) bond motifs is 1. The largest absolute Gasteiger partial charge is 0.481 e. The van der Waals surface area contributed by atoms with Gasteiger partial charge in [0.1, 0.15) is 10.4 Å². The second-order valence-electron chi connectivity index (χ2n) is 4.66. The van der Waals surface area contributed by atoms with E-state index in [0.717, 1.165) is 30.0 Å². The average molecular weight is 321 g/mol. The van der Waals surface area contributed by atoms with Crippen molar-refractivity contribution >= 4 is 21.9 Å². The number of carboxylic acids is 1. The van der Waals surface area contributed by atoms with Crippen molar-refractivity contribution < 1.29 is 9.90 Å². The minimum absolute atomic E-state index is 0.465. The Balaban J connectivity index is 2.15. The van der Waals surface area contributed by atoms with E-state index in [2.05, 4.69) is 20.9 Å². The molecule has 5 heteroatoms. The molecule has 0 bridgehead atoms. The molecule has 2 heterocycles. The van der Waals surface area contributed by atoms with Crippen LogP contribution in [0.4, 0.5) is 0 Å². The number of imidazole rings is 1. The fourth-order valence-corrected chi connectivity index (χ4v) is 3.29. The number of hydrogen-bond donors (Lipinski definition) is 1. The van der Waals surface area contributed by atoms with E-state index >= 15 is 0 Å². The maximum absolute atomic E-state index is 11.4. The molecule has 1 aliphatic heterocycles. The molecule has 1 aliphatic rings. The van der Waals surface area contributed by atoms with Crippen LogP contribution in [0, 0.1) is 0 Å². The van der Waals surface area contributed by atoms with Crippen LogP contribution in [0.15, 0.2) is 34.9 Å². The van der Waals surface area contributed by atoms with Gasteiger partial charge < -0.3 is 9.67 Å². The lowest BCUT2D eigenvalue weighted by atomic mass is 9.96. The molecule has 1 atom stereocenters. The van der Waals surface area contributed by atoms with Gasteiger partial charge in [0.05, 0.1) is 11.6 Å². The summed E-state index contributed by atoms with van der Waals surface area (Å²) in [5.41, 5.74) is 1.80. The van der Waals surface area contributed by atoms with Gasteiger partial charge in [0.15, 0.2) is 0 Å². The summed E-state index contributed by atoms with van der Waals surface area (Å²) < 4.78 is 2.68. The zero-order chi connectivity index (χ0) is 13.4. The summed E-state index contributed by atoms with van der Waals surface area (Å²) >= 11 is 3.41. The van der Waals surface area contributed by atoms with E-state index in [9.17, 15) is 9.90 Å². The van der Waals surface area contributed by atoms with Crippen molar-refractivity contribution in [2.75, 3.05) is 0 Å². The molecule has 1 aromatic heterocycles. The fraction of sp³-hybridized carbons (Fsp3) is 0.286. The van der Waals surface area contributed by atoms with Crippen LogP contribution in [0.1, 0.15) is 24.5 Å². The zero-order valence-corrected chi connectivity index (χ0v) is 11.8. The lowest BCUT2D eigenvalue weighted by molar-refractivity contribution is -0.139. The molecule has 1 N–H and O–H groups in total. The lowest BCUT2D eigenvalue weighted by Gasteiger charge is -2.22. The number of halogens is 1. The van der Waals surface area contributed by atoms with Crippen LogP contribution in [0.2, 0.25) is 0 Å². The summed E-state index contributed by atoms with van der Waals surface area (Å²) in [5.74, 6) is -0.400. The third kappa shape index (κ3) is 2.08. The Morgan fingerprint density at radius 2 is 2.11 bits per heavy atom. The van der Waals surface area contributed by atoms with Crippen LogP contribution < -0.4 is 0 Å². The average Bonchev–Trinajstić information content (AvgIpc) is 2.77. The summed E-state index contributed by atoms with van der Waals surface area (Å²) in [6.07, 6.45) is 1.54. The van der Waals surface area contributed by atoms with Crippen molar-refractivity contribution in [3.63, 3.8) is 0 Å². The van der Waals surface area contributed by atoms with Crippen molar-refractivity contribution in [2.24, 2.45) is 0 Å². The van der Waals surface area contributed by atoms with Gasteiger partial charge in [-0.25, -0.2) is 4.98 Å². The molecule has 0 aliphatic carbocycles. The Bertz CT molecular complexity index is 622. The molecule has 1 unspecified atom stereocenters. The highest BCUT2D eigenvalue weighted by Gasteiger charge is 2.31. The van der Waals surface area contributed by atoms with E-state index in [4.69, 9.17) is 0 Å². The number of carboxylic acid groups (broad SMARTS) is 1. The maximum atomic E-state index is 11.4. The van der Waals surface area contributed by atoms with Gasteiger partial charge in [0, 0.05) is 12.1 Å². The molecular formula is C14H13BrN2O2. The van der Waals surface area contributed by atoms with Crippen LogP contribution in [0.3, 0.4) is 0 Å². The first kappa shape index (κ1) is 12.4. The Morgan fingerprint density at radius 1 is 1.37 bits per heavy atom. The van der Waals surface area contributed by atoms with Gasteiger partial charge in [-0.2, -0.15) is 0 Å². The maximum Gasteiger partial charge on any atom is 0.312 e. The highest BCUT2D eigenvalue weighted by atomic mass is 79.9. The van der Waals surface area contributed by atoms with Gasteiger partial charge in [0.25, 0.3) is 0 Å². The topological polar surface area (TPSA) is 55.1 Å². The number of nitrogens with zero attached hydrogens (tertiary/aromatic N) is 2. The molecule has 4 nitrogen and oxygen atoms in total. The Labute approximate surface area is 119 Å². The van der Waals surface area contributed by atoms with Crippen LogP contribution in [0.5, 0.6) is 0 Å². The number of hydrogen-bond acceptors (Lipinski definition) is 2. The minimum atomic E-state index is -0.777. The van der Waals surface area contributed by atoms with Gasteiger partial charge in [-0.1, -0.05) is 30.3 Å². The second-order valence-corrected chi connectivity index (χ2v) is 5.41. The van der Waals surface area contributed by atoms with E-state index in [1.165, 1.54) is 0 Å². The molecule has 0 saturated heterocycles. The van der Waals surface area contributed by atoms with Gasteiger partial charge in [-0.15, -0.1) is 0 Å². The molecule has 1 aromatic carbocycles. The number of aromatic nitrogens is 2. The molecule has 19 heavy (non-hydrogen) atoms. The molecule has 0 amide bonds. The van der Waals surface area contributed by atoms with E-state index in [1.54, 1.807) is 0 Å². The summed E-state index contributed by atoms with van der Waals surface area (Å²) in [4.78, 5) is 15.9. The third-order valence-electron chi connectivity index (χ3n) is 3.50. The van der Waals surface area contributed by atoms with Crippen LogP contribution in [-0.2, 0) is 11.3 Å². The van der Waals surface area contributed by atoms with E-state index < -0.39 is 11.9 Å². The first-order valence-electron chi connectivity index (χ1n) is 6.22. The first-order chi connectivity index (χ1) is 9.18. The Morgan fingerprint density at radius 3 is 2.79 bits per heavy atom. The SMILES string of the molecule is O=C(O)C1CCCn2c(-c3ccccc3)nc(Br)c21. The van der Waals surface area contributed by atoms with E-state index in [-0.39, 0.29) is 0 Å². The van der Waals surface area contributed by atoms with Crippen molar-refractivity contribution in [3.05, 3.63) is 40.6 Å². The summed E-state index contributed by atoms with van der Waals surface area (Å²) in [6, 6.07) is 9.86. The summed E-state index contributed by atoms with van der Waals surface area (Å²) in [6.45, 7) is 0.821. The predicted octanol–water partition coefficient (Wildman–Crippen LogP) is 3.27. The normalized spacial score (nSPS) is 18.1. The quantitative estimate of drug-likeness (QED) is 0.923. The second kappa shape index (κ2) is 4.81. The zero-order valence-electron chi connectivity index (χ0n) is 10.2. The van der Waals surface area contributed by atoms with Crippen molar-refractivity contribution in [3.8, 4) is 11.4 Å². The van der Waals surface area contributed by atoms with Gasteiger partial charge in [-0.3, -0.25) is 4.79 Å². The molecular weight excluding hydrogens is 308 g/mol. The van der Waals surface area contributed by atoms with Crippen molar-refractivity contribution in [1.82, 2.24) is 9.55 Å². The standard InChI is InChI=1S/C14H13BrN2O2/c15-12-11-10(14(18)19)7-4-8-17(11)13(16-12)9-5-2-1-3-6-9/h1-3,5-6,10H,4,7-8H2,(H,18,19). The fourth-order valence-electron chi connectivity index (χ4n) is 2.63. The number of benzene rings is 1. The lowest BCUT2D eigenvalue weighted by Crippen LogP contribution is -2.22. The van der Waals surface area contributed by atoms with Crippen LogP contribution in [-0.4, -0.2) is 20.6 Å². The molecule has 3 rings (SSSR count). The molecule has 0 fully saturated rings. The van der Waals surface area contributed by atoms with Gasteiger partial charge >= 0.3 is 5.97 Å². The highest BCUT2D eigenvalue weighted by Crippen LogP contribution is 2.36. The Hall–Kier alpha value is -1.62. The number of carbonyl (C=O) groups is 1. The molecule has 0 saturated carbocycles. The molecule has 0 spiro atoms. The first-order valence-corrected chi connectivity index (χ1v) is 7.02. The molecule has 2 aromatic rings. The van der Waals surface area contributed by atoms with E-state index in [0.29, 0.717) is 11.0 Å². The Kier molecular flexibility index (Phi) is 3.14. The van der Waals surface area contributed by atoms with Gasteiger partial charge in [-0.05, 0) is 28.8 Å². The molecule has 0 radical (unpaired) electrons. The van der Waals surface area contributed by atoms with Crippen LogP contribution in [0.25, 0.3) is 11.4 Å². The van der Waals surface area contributed by atoms with E-state index in [1.807, 2.05) is 34.9 Å². The number of rotatable bonds is 2. The van der Waals surface area contributed by atoms with Crippen LogP contribution >= 0.6 is 15.9 Å². The number of aliphatic carboxylic acids is 1. The van der Waals surface area contributed by atoms with Crippen molar-refractivity contribution in [1.29, 1.82) is 0 Å². The smallest absolute Gasteiger partial charge is 0.312 e. The highest BCUT2D eigenvalue weighted by molar-refractivity contribution is 9.10. The predicted molar refractivity (Wildman–Crippen MR) is 75.0 cm³/mol. The van der Waals surface area contributed by atoms with Crippen molar-refractivity contribution in [2.45, 2.75) is 25.3 Å². The molecule has 98 valence electrons.